The van der Waals surface area contributed by atoms with Gasteiger partial charge in [0.2, 0.25) is 5.91 Å². The number of carbonyl (C=O) groups is 2. The molecule has 1 N–H and O–H groups in total. The molecule has 5 rings (SSSR count). The van der Waals surface area contributed by atoms with E-state index in [1.54, 1.807) is 18.6 Å². The lowest BCUT2D eigenvalue weighted by Crippen LogP contribution is -2.66. The summed E-state index contributed by atoms with van der Waals surface area (Å²) in [5, 5.41) is 10.1. The lowest BCUT2D eigenvalue weighted by molar-refractivity contribution is -0.156. The first kappa shape index (κ1) is 9.69. The molecule has 3 aliphatic rings. The third-order valence-corrected chi connectivity index (χ3v) is 3.90. The molecule has 0 unspecified atom stereocenters. The summed E-state index contributed by atoms with van der Waals surface area (Å²) in [6.45, 7) is 0. The Labute approximate surface area is 101 Å². The largest absolute Gasteiger partial charge is 0.314 e. The predicted octanol–water partition coefficient (Wildman–Crippen LogP) is -0.412. The Balaban J connectivity index is 1.89. The van der Waals surface area contributed by atoms with E-state index in [1.807, 2.05) is 4.57 Å². The summed E-state index contributed by atoms with van der Waals surface area (Å²) >= 11 is 0. The second kappa shape index (κ2) is 2.92. The molecule has 2 aromatic rings. The Morgan fingerprint density at radius 2 is 2.22 bits per heavy atom. The Kier molecular flexibility index (Phi) is 1.57. The maximum Gasteiger partial charge on any atom is 0.252 e. The molecule has 0 aromatic carbocycles. The van der Waals surface area contributed by atoms with E-state index in [2.05, 4.69) is 20.5 Å². The van der Waals surface area contributed by atoms with E-state index in [1.165, 1.54) is 0 Å². The van der Waals surface area contributed by atoms with Gasteiger partial charge in [0, 0.05) is 5.92 Å². The number of carbonyl (C=O) groups excluding carboxylic acids is 2. The Morgan fingerprint density at radius 1 is 1.39 bits per heavy atom. The molecule has 1 aliphatic carbocycles. The van der Waals surface area contributed by atoms with Crippen LogP contribution in [0, 0.1) is 5.92 Å². The first-order valence-corrected chi connectivity index (χ1v) is 5.71. The van der Waals surface area contributed by atoms with E-state index in [0.29, 0.717) is 18.5 Å². The van der Waals surface area contributed by atoms with Gasteiger partial charge in [-0.05, 0) is 18.9 Å². The van der Waals surface area contributed by atoms with Crippen molar-refractivity contribution in [2.75, 3.05) is 0 Å². The number of hydrogen-bond acceptors (Lipinski definition) is 5. The van der Waals surface area contributed by atoms with Gasteiger partial charge in [-0.2, -0.15) is 5.10 Å². The monoisotopic (exact) mass is 243 g/mol. The molecule has 0 atom stereocenters. The van der Waals surface area contributed by atoms with Crippen molar-refractivity contribution in [3.8, 4) is 0 Å². The maximum atomic E-state index is 12.1. The predicted molar refractivity (Wildman–Crippen MR) is 59.2 cm³/mol. The van der Waals surface area contributed by atoms with Crippen LogP contribution in [0.2, 0.25) is 0 Å². The number of fused-ring (bicyclic) bond motifs is 3. The molecule has 2 bridgehead atoms. The van der Waals surface area contributed by atoms with Crippen molar-refractivity contribution in [3.05, 3.63) is 18.6 Å². The number of aromatic nitrogens is 4. The molecular weight excluding hydrogens is 234 g/mol. The van der Waals surface area contributed by atoms with Gasteiger partial charge in [0.25, 0.3) is 5.91 Å². The zero-order valence-electron chi connectivity index (χ0n) is 9.33. The molecule has 2 saturated heterocycles. The molecule has 7 nitrogen and oxygen atoms in total. The summed E-state index contributed by atoms with van der Waals surface area (Å²) in [5.41, 5.74) is 0.615. The van der Waals surface area contributed by atoms with Crippen molar-refractivity contribution in [1.29, 1.82) is 0 Å². The van der Waals surface area contributed by atoms with Gasteiger partial charge in [0.15, 0.2) is 5.65 Å². The summed E-state index contributed by atoms with van der Waals surface area (Å²) in [4.78, 5) is 27.7. The normalized spacial score (nSPS) is 30.1. The minimum atomic E-state index is -0.670. The van der Waals surface area contributed by atoms with E-state index in [0.717, 1.165) is 5.52 Å². The van der Waals surface area contributed by atoms with E-state index < -0.39 is 5.54 Å². The molecule has 2 aliphatic heterocycles. The third kappa shape index (κ3) is 0.969. The lowest BCUT2D eigenvalue weighted by Gasteiger charge is -2.50. The highest BCUT2D eigenvalue weighted by Gasteiger charge is 2.59. The average Bonchev–Trinajstić information content (AvgIpc) is 2.71. The molecule has 2 amide bonds. The van der Waals surface area contributed by atoms with Gasteiger partial charge in [-0.3, -0.25) is 14.9 Å². The quantitative estimate of drug-likeness (QED) is 0.687. The molecule has 0 radical (unpaired) electrons. The van der Waals surface area contributed by atoms with E-state index in [9.17, 15) is 9.59 Å². The van der Waals surface area contributed by atoms with E-state index in [4.69, 9.17) is 0 Å². The van der Waals surface area contributed by atoms with Crippen molar-refractivity contribution < 1.29 is 9.59 Å². The third-order valence-electron chi connectivity index (χ3n) is 3.90. The number of piperidine rings is 2. The highest BCUT2D eigenvalue weighted by atomic mass is 16.2. The minimum Gasteiger partial charge on any atom is -0.314 e. The van der Waals surface area contributed by atoms with Crippen molar-refractivity contribution in [1.82, 2.24) is 25.1 Å². The molecule has 4 heterocycles. The number of imide groups is 1. The molecule has 1 saturated carbocycles. The number of imidazole rings is 1. The lowest BCUT2D eigenvalue weighted by atomic mass is 9.64. The van der Waals surface area contributed by atoms with Crippen LogP contribution in [0.25, 0.3) is 11.2 Å². The SMILES string of the molecule is O=C1NC(=O)C2(n3cnc4nnccc43)CC1C2. The number of rotatable bonds is 1. The standard InChI is InChI=1S/C11H9N5O2/c17-9-6-3-11(4-6,10(18)14-9)16-5-12-8-7(16)1-2-13-15-8/h1-2,5-6H,3-4H2,(H,14,17,18). The molecule has 2 aromatic heterocycles. The Morgan fingerprint density at radius 3 is 3.00 bits per heavy atom. The van der Waals surface area contributed by atoms with E-state index in [-0.39, 0.29) is 17.7 Å². The van der Waals surface area contributed by atoms with Gasteiger partial charge in [0.1, 0.15) is 5.54 Å². The fourth-order valence-corrected chi connectivity index (χ4v) is 2.88. The van der Waals surface area contributed by atoms with Gasteiger partial charge in [-0.1, -0.05) is 0 Å². The van der Waals surface area contributed by atoms with Crippen molar-refractivity contribution in [2.24, 2.45) is 5.92 Å². The molecule has 7 heteroatoms. The minimum absolute atomic E-state index is 0.0602. The number of nitrogens with zero attached hydrogens (tertiary/aromatic N) is 4. The van der Waals surface area contributed by atoms with Crippen LogP contribution in [0.5, 0.6) is 0 Å². The van der Waals surface area contributed by atoms with Crippen LogP contribution in [0.1, 0.15) is 12.8 Å². The summed E-state index contributed by atoms with van der Waals surface area (Å²) in [7, 11) is 0. The summed E-state index contributed by atoms with van der Waals surface area (Å²) < 4.78 is 1.81. The highest BCUT2D eigenvalue weighted by molar-refractivity contribution is 6.06. The first-order chi connectivity index (χ1) is 8.71. The van der Waals surface area contributed by atoms with E-state index >= 15 is 0 Å². The zero-order valence-corrected chi connectivity index (χ0v) is 9.33. The zero-order chi connectivity index (χ0) is 12.3. The first-order valence-electron chi connectivity index (χ1n) is 5.71. The molecule has 3 fully saturated rings. The number of nitrogens with one attached hydrogen (secondary N) is 1. The van der Waals surface area contributed by atoms with Crippen LogP contribution in [0.15, 0.2) is 18.6 Å². The smallest absolute Gasteiger partial charge is 0.252 e. The van der Waals surface area contributed by atoms with Gasteiger partial charge >= 0.3 is 0 Å². The van der Waals surface area contributed by atoms with Gasteiger partial charge in [0.05, 0.1) is 18.0 Å². The topological polar surface area (TPSA) is 89.8 Å². The Hall–Kier alpha value is -2.31. The second-order valence-electron chi connectivity index (χ2n) is 4.81. The molecule has 90 valence electrons. The highest BCUT2D eigenvalue weighted by Crippen LogP contribution is 2.48. The summed E-state index contributed by atoms with van der Waals surface area (Å²) in [5.74, 6) is -0.466. The fraction of sp³-hybridized carbons (Fsp3) is 0.364. The van der Waals surface area contributed by atoms with Gasteiger partial charge in [-0.25, -0.2) is 4.98 Å². The van der Waals surface area contributed by atoms with Crippen LogP contribution in [0.3, 0.4) is 0 Å². The number of amides is 2. The fourth-order valence-electron chi connectivity index (χ4n) is 2.88. The molecular formula is C11H9N5O2. The van der Waals surface area contributed by atoms with Crippen LogP contribution in [-0.2, 0) is 15.1 Å². The van der Waals surface area contributed by atoms with Crippen LogP contribution in [0.4, 0.5) is 0 Å². The molecule has 18 heavy (non-hydrogen) atoms. The maximum absolute atomic E-state index is 12.1. The molecule has 0 spiro atoms. The van der Waals surface area contributed by atoms with Gasteiger partial charge < -0.3 is 4.57 Å². The van der Waals surface area contributed by atoms with Crippen LogP contribution >= 0.6 is 0 Å². The summed E-state index contributed by atoms with van der Waals surface area (Å²) in [6, 6.07) is 1.78. The number of hydrogen-bond donors (Lipinski definition) is 1. The second-order valence-corrected chi connectivity index (χ2v) is 4.81. The van der Waals surface area contributed by atoms with Crippen molar-refractivity contribution in [3.63, 3.8) is 0 Å². The average molecular weight is 243 g/mol. The van der Waals surface area contributed by atoms with Crippen molar-refractivity contribution in [2.45, 2.75) is 18.4 Å². The Bertz CT molecular complexity index is 686. The summed E-state index contributed by atoms with van der Waals surface area (Å²) in [6.07, 6.45) is 4.26. The van der Waals surface area contributed by atoms with Crippen molar-refractivity contribution >= 4 is 23.0 Å². The van der Waals surface area contributed by atoms with Gasteiger partial charge in [-0.15, -0.1) is 5.10 Å². The van der Waals surface area contributed by atoms with Crippen LogP contribution < -0.4 is 5.32 Å². The van der Waals surface area contributed by atoms with Crippen LogP contribution in [-0.4, -0.2) is 31.6 Å².